The van der Waals surface area contributed by atoms with Crippen molar-refractivity contribution in [2.45, 2.75) is 19.4 Å². The Balaban J connectivity index is 1.72. The monoisotopic (exact) mass is 236 g/mol. The van der Waals surface area contributed by atoms with Crippen molar-refractivity contribution in [3.63, 3.8) is 0 Å². The zero-order chi connectivity index (χ0) is 12.1. The van der Waals surface area contributed by atoms with Gasteiger partial charge in [-0.05, 0) is 30.5 Å². The molecule has 1 aliphatic rings. The SMILES string of the molecule is O=C(CNCc1ccc(F)cc1)N1CCCC1. The number of amides is 1. The summed E-state index contributed by atoms with van der Waals surface area (Å²) >= 11 is 0. The van der Waals surface area contributed by atoms with Crippen LogP contribution in [0.2, 0.25) is 0 Å². The van der Waals surface area contributed by atoms with E-state index in [2.05, 4.69) is 5.32 Å². The summed E-state index contributed by atoms with van der Waals surface area (Å²) in [6, 6.07) is 6.31. The minimum absolute atomic E-state index is 0.157. The molecule has 1 heterocycles. The predicted octanol–water partition coefficient (Wildman–Crippen LogP) is 1.54. The molecule has 0 aromatic heterocycles. The average molecular weight is 236 g/mol. The van der Waals surface area contributed by atoms with Crippen molar-refractivity contribution in [3.05, 3.63) is 35.6 Å². The Bertz CT molecular complexity index is 372. The molecule has 0 bridgehead atoms. The Morgan fingerprint density at radius 2 is 1.88 bits per heavy atom. The van der Waals surface area contributed by atoms with E-state index in [4.69, 9.17) is 0 Å². The summed E-state index contributed by atoms with van der Waals surface area (Å²) in [5.74, 6) is -0.0773. The standard InChI is InChI=1S/C13H17FN2O/c14-12-5-3-11(4-6-12)9-15-10-13(17)16-7-1-2-8-16/h3-6,15H,1-2,7-10H2. The van der Waals surface area contributed by atoms with Gasteiger partial charge in [0.1, 0.15) is 5.82 Å². The second kappa shape index (κ2) is 5.77. The van der Waals surface area contributed by atoms with Crippen molar-refractivity contribution in [2.24, 2.45) is 0 Å². The molecular formula is C13H17FN2O. The van der Waals surface area contributed by atoms with Gasteiger partial charge in [-0.1, -0.05) is 12.1 Å². The van der Waals surface area contributed by atoms with Gasteiger partial charge in [0, 0.05) is 19.6 Å². The van der Waals surface area contributed by atoms with Crippen molar-refractivity contribution in [1.29, 1.82) is 0 Å². The van der Waals surface area contributed by atoms with Crippen LogP contribution in [-0.2, 0) is 11.3 Å². The number of likely N-dealkylation sites (tertiary alicyclic amines) is 1. The Hall–Kier alpha value is -1.42. The largest absolute Gasteiger partial charge is 0.342 e. The lowest BCUT2D eigenvalue weighted by atomic mass is 10.2. The van der Waals surface area contributed by atoms with Crippen LogP contribution in [0.5, 0.6) is 0 Å². The number of hydrogen-bond acceptors (Lipinski definition) is 2. The number of carbonyl (C=O) groups excluding carboxylic acids is 1. The Morgan fingerprint density at radius 1 is 1.24 bits per heavy atom. The molecule has 2 rings (SSSR count). The van der Waals surface area contributed by atoms with Gasteiger partial charge in [-0.3, -0.25) is 4.79 Å². The summed E-state index contributed by atoms with van der Waals surface area (Å²) in [5, 5.41) is 3.08. The molecule has 0 aliphatic carbocycles. The van der Waals surface area contributed by atoms with Gasteiger partial charge in [0.15, 0.2) is 0 Å². The maximum Gasteiger partial charge on any atom is 0.236 e. The maximum atomic E-state index is 12.7. The number of rotatable bonds is 4. The third kappa shape index (κ3) is 3.53. The van der Waals surface area contributed by atoms with Gasteiger partial charge >= 0.3 is 0 Å². The fourth-order valence-corrected chi connectivity index (χ4v) is 1.99. The number of carbonyl (C=O) groups is 1. The van der Waals surface area contributed by atoms with Gasteiger partial charge in [-0.15, -0.1) is 0 Å². The van der Waals surface area contributed by atoms with Crippen LogP contribution in [0, 0.1) is 5.82 Å². The quantitative estimate of drug-likeness (QED) is 0.860. The highest BCUT2D eigenvalue weighted by Gasteiger charge is 2.16. The van der Waals surface area contributed by atoms with Crippen molar-refractivity contribution in [2.75, 3.05) is 19.6 Å². The zero-order valence-electron chi connectivity index (χ0n) is 9.79. The van der Waals surface area contributed by atoms with Crippen LogP contribution in [-0.4, -0.2) is 30.4 Å². The van der Waals surface area contributed by atoms with Gasteiger partial charge < -0.3 is 10.2 Å². The van der Waals surface area contributed by atoms with Crippen LogP contribution in [0.1, 0.15) is 18.4 Å². The summed E-state index contributed by atoms with van der Waals surface area (Å²) in [4.78, 5) is 13.6. The van der Waals surface area contributed by atoms with Crippen molar-refractivity contribution in [3.8, 4) is 0 Å². The highest BCUT2D eigenvalue weighted by atomic mass is 19.1. The van der Waals surface area contributed by atoms with Crippen LogP contribution in [0.15, 0.2) is 24.3 Å². The summed E-state index contributed by atoms with van der Waals surface area (Å²) in [6.45, 7) is 2.73. The van der Waals surface area contributed by atoms with E-state index in [1.54, 1.807) is 12.1 Å². The molecule has 3 nitrogen and oxygen atoms in total. The zero-order valence-corrected chi connectivity index (χ0v) is 9.79. The fourth-order valence-electron chi connectivity index (χ4n) is 1.99. The minimum atomic E-state index is -0.234. The molecule has 92 valence electrons. The van der Waals surface area contributed by atoms with E-state index in [-0.39, 0.29) is 11.7 Å². The van der Waals surface area contributed by atoms with Crippen molar-refractivity contribution in [1.82, 2.24) is 10.2 Å². The first kappa shape index (κ1) is 12.0. The number of benzene rings is 1. The topological polar surface area (TPSA) is 32.3 Å². The normalized spacial score (nSPS) is 15.2. The van der Waals surface area contributed by atoms with Crippen molar-refractivity contribution < 1.29 is 9.18 Å². The van der Waals surface area contributed by atoms with Crippen LogP contribution in [0.25, 0.3) is 0 Å². The second-order valence-corrected chi connectivity index (χ2v) is 4.32. The molecular weight excluding hydrogens is 219 g/mol. The molecule has 1 amide bonds. The van der Waals surface area contributed by atoms with Crippen LogP contribution >= 0.6 is 0 Å². The number of nitrogens with zero attached hydrogens (tertiary/aromatic N) is 1. The van der Waals surface area contributed by atoms with E-state index in [1.165, 1.54) is 12.1 Å². The molecule has 1 N–H and O–H groups in total. The van der Waals surface area contributed by atoms with Crippen LogP contribution in [0.4, 0.5) is 4.39 Å². The van der Waals surface area contributed by atoms with Crippen molar-refractivity contribution >= 4 is 5.91 Å². The first-order valence-corrected chi connectivity index (χ1v) is 5.98. The summed E-state index contributed by atoms with van der Waals surface area (Å²) < 4.78 is 12.7. The molecule has 1 aromatic carbocycles. The smallest absolute Gasteiger partial charge is 0.236 e. The maximum absolute atomic E-state index is 12.7. The van der Waals surface area contributed by atoms with Gasteiger partial charge in [-0.2, -0.15) is 0 Å². The Labute approximate surface area is 101 Å². The summed E-state index contributed by atoms with van der Waals surface area (Å²) in [5.41, 5.74) is 0.987. The van der Waals surface area contributed by atoms with E-state index < -0.39 is 0 Å². The molecule has 1 fully saturated rings. The van der Waals surface area contributed by atoms with Gasteiger partial charge in [0.05, 0.1) is 6.54 Å². The molecule has 17 heavy (non-hydrogen) atoms. The van der Waals surface area contributed by atoms with E-state index in [1.807, 2.05) is 4.90 Å². The molecule has 1 aromatic rings. The lowest BCUT2D eigenvalue weighted by molar-refractivity contribution is -0.129. The first-order chi connectivity index (χ1) is 8.25. The molecule has 1 aliphatic heterocycles. The number of nitrogens with one attached hydrogen (secondary N) is 1. The summed E-state index contributed by atoms with van der Waals surface area (Å²) in [6.07, 6.45) is 2.23. The third-order valence-corrected chi connectivity index (χ3v) is 2.98. The van der Waals surface area contributed by atoms with E-state index in [0.717, 1.165) is 31.5 Å². The first-order valence-electron chi connectivity index (χ1n) is 5.98. The van der Waals surface area contributed by atoms with E-state index in [9.17, 15) is 9.18 Å². The average Bonchev–Trinajstić information content (AvgIpc) is 2.85. The lowest BCUT2D eigenvalue weighted by Gasteiger charge is -2.15. The molecule has 1 saturated heterocycles. The second-order valence-electron chi connectivity index (χ2n) is 4.32. The van der Waals surface area contributed by atoms with E-state index >= 15 is 0 Å². The number of halogens is 1. The predicted molar refractivity (Wildman–Crippen MR) is 63.9 cm³/mol. The Morgan fingerprint density at radius 3 is 2.53 bits per heavy atom. The third-order valence-electron chi connectivity index (χ3n) is 2.98. The molecule has 0 radical (unpaired) electrons. The van der Waals surface area contributed by atoms with Crippen LogP contribution in [0.3, 0.4) is 0 Å². The van der Waals surface area contributed by atoms with Gasteiger partial charge in [0.2, 0.25) is 5.91 Å². The molecule has 0 atom stereocenters. The highest BCUT2D eigenvalue weighted by molar-refractivity contribution is 5.78. The summed E-state index contributed by atoms with van der Waals surface area (Å²) in [7, 11) is 0. The number of hydrogen-bond donors (Lipinski definition) is 1. The highest BCUT2D eigenvalue weighted by Crippen LogP contribution is 2.07. The molecule has 4 heteroatoms. The van der Waals surface area contributed by atoms with Gasteiger partial charge in [-0.25, -0.2) is 4.39 Å². The molecule has 0 spiro atoms. The lowest BCUT2D eigenvalue weighted by Crippen LogP contribution is -2.35. The molecule has 0 saturated carbocycles. The fraction of sp³-hybridized carbons (Fsp3) is 0.462. The minimum Gasteiger partial charge on any atom is -0.342 e. The van der Waals surface area contributed by atoms with Crippen LogP contribution < -0.4 is 5.32 Å². The van der Waals surface area contributed by atoms with Gasteiger partial charge in [0.25, 0.3) is 0 Å². The Kier molecular flexibility index (Phi) is 4.09. The van der Waals surface area contributed by atoms with E-state index in [0.29, 0.717) is 13.1 Å². The molecule has 0 unspecified atom stereocenters.